The van der Waals surface area contributed by atoms with Crippen molar-refractivity contribution in [3.8, 4) is 6.07 Å². The Hall–Kier alpha value is -3.18. The van der Waals surface area contributed by atoms with Crippen LogP contribution in [0, 0.1) is 11.3 Å². The van der Waals surface area contributed by atoms with Gasteiger partial charge in [-0.3, -0.25) is 9.59 Å². The molecule has 0 aliphatic carbocycles. The van der Waals surface area contributed by atoms with Crippen molar-refractivity contribution in [2.45, 2.75) is 12.5 Å². The molecule has 3 rings (SSSR count). The summed E-state index contributed by atoms with van der Waals surface area (Å²) in [6.07, 6.45) is 0.437. The van der Waals surface area contributed by atoms with Crippen molar-refractivity contribution >= 4 is 27.3 Å². The third-order valence-corrected chi connectivity index (χ3v) is 6.47. The smallest absolute Gasteiger partial charge is 0.255 e. The summed E-state index contributed by atoms with van der Waals surface area (Å²) in [7, 11) is -1.48. The highest BCUT2D eigenvalue weighted by Gasteiger charge is 2.33. The van der Waals surface area contributed by atoms with Crippen LogP contribution in [0.5, 0.6) is 0 Å². The first-order valence-corrected chi connectivity index (χ1v) is 10.5. The van der Waals surface area contributed by atoms with E-state index in [0.29, 0.717) is 28.8 Å². The number of hydrogen-bond donors (Lipinski definition) is 1. The Morgan fingerprint density at radius 2 is 1.82 bits per heavy atom. The molecule has 2 amide bonds. The van der Waals surface area contributed by atoms with Gasteiger partial charge in [-0.15, -0.1) is 0 Å². The third-order valence-electron chi connectivity index (χ3n) is 4.72. The zero-order valence-electron chi connectivity index (χ0n) is 15.3. The van der Waals surface area contributed by atoms with Crippen molar-refractivity contribution in [1.82, 2.24) is 4.90 Å². The Balaban J connectivity index is 1.68. The van der Waals surface area contributed by atoms with E-state index >= 15 is 0 Å². The van der Waals surface area contributed by atoms with Gasteiger partial charge in [0.1, 0.15) is 0 Å². The monoisotopic (exact) mass is 397 g/mol. The lowest BCUT2D eigenvalue weighted by atomic mass is 10.1. The van der Waals surface area contributed by atoms with E-state index in [1.165, 1.54) is 17.0 Å². The molecule has 28 heavy (non-hydrogen) atoms. The number of sulfone groups is 1. The molecule has 0 spiro atoms. The first kappa shape index (κ1) is 19.6. The Bertz CT molecular complexity index is 1060. The molecule has 1 aliphatic heterocycles. The minimum atomic E-state index is -3.08. The average molecular weight is 397 g/mol. The van der Waals surface area contributed by atoms with Crippen LogP contribution in [0.4, 0.5) is 5.69 Å². The van der Waals surface area contributed by atoms with Crippen molar-refractivity contribution < 1.29 is 18.0 Å². The largest absolute Gasteiger partial charge is 0.338 e. The lowest BCUT2D eigenvalue weighted by Crippen LogP contribution is -2.37. The van der Waals surface area contributed by atoms with E-state index in [4.69, 9.17) is 5.26 Å². The molecule has 1 saturated heterocycles. The third kappa shape index (κ3) is 4.38. The molecule has 0 bridgehead atoms. The second-order valence-electron chi connectivity index (χ2n) is 6.70. The number of nitrogens with one attached hydrogen (secondary N) is 1. The quantitative estimate of drug-likeness (QED) is 0.850. The minimum Gasteiger partial charge on any atom is -0.338 e. The minimum absolute atomic E-state index is 0.0164. The Kier molecular flexibility index (Phi) is 5.47. The van der Waals surface area contributed by atoms with E-state index < -0.39 is 9.84 Å². The second kappa shape index (κ2) is 7.82. The molecule has 0 saturated carbocycles. The van der Waals surface area contributed by atoms with Crippen LogP contribution in [0.3, 0.4) is 0 Å². The summed E-state index contributed by atoms with van der Waals surface area (Å²) in [5, 5.41) is 11.6. The number of amides is 2. The fraction of sp³-hybridized carbons (Fsp3) is 0.250. The van der Waals surface area contributed by atoms with Gasteiger partial charge in [0.05, 0.1) is 23.1 Å². The van der Waals surface area contributed by atoms with Crippen LogP contribution in [-0.4, -0.2) is 49.7 Å². The van der Waals surface area contributed by atoms with Crippen LogP contribution >= 0.6 is 0 Å². The lowest BCUT2D eigenvalue weighted by Gasteiger charge is -2.23. The molecule has 1 atom stereocenters. The van der Waals surface area contributed by atoms with Gasteiger partial charge in [0, 0.05) is 29.9 Å². The summed E-state index contributed by atoms with van der Waals surface area (Å²) in [5.74, 6) is -0.557. The normalized spacial score (nSPS) is 17.5. The maximum atomic E-state index is 12.6. The van der Waals surface area contributed by atoms with Gasteiger partial charge in [-0.25, -0.2) is 8.42 Å². The van der Waals surface area contributed by atoms with E-state index in [-0.39, 0.29) is 29.4 Å². The number of anilines is 1. The van der Waals surface area contributed by atoms with Crippen molar-refractivity contribution in [2.24, 2.45) is 0 Å². The number of carbonyl (C=O) groups is 2. The van der Waals surface area contributed by atoms with Gasteiger partial charge < -0.3 is 10.2 Å². The van der Waals surface area contributed by atoms with Crippen LogP contribution in [0.25, 0.3) is 0 Å². The van der Waals surface area contributed by atoms with Crippen LogP contribution in [0.15, 0.2) is 48.5 Å². The van der Waals surface area contributed by atoms with Gasteiger partial charge in [0.2, 0.25) is 0 Å². The zero-order chi connectivity index (χ0) is 20.3. The highest BCUT2D eigenvalue weighted by molar-refractivity contribution is 7.91. The van der Waals surface area contributed by atoms with Crippen LogP contribution in [0.1, 0.15) is 32.7 Å². The molecule has 1 N–H and O–H groups in total. The van der Waals surface area contributed by atoms with Gasteiger partial charge in [0.15, 0.2) is 9.84 Å². The predicted molar refractivity (Wildman–Crippen MR) is 105 cm³/mol. The van der Waals surface area contributed by atoms with Crippen molar-refractivity contribution in [1.29, 1.82) is 5.26 Å². The lowest BCUT2D eigenvalue weighted by molar-refractivity contribution is 0.0747. The average Bonchev–Trinajstić information content (AvgIpc) is 3.06. The molecule has 144 valence electrons. The Morgan fingerprint density at radius 3 is 2.43 bits per heavy atom. The number of nitrogens with zero attached hydrogens (tertiary/aromatic N) is 2. The molecule has 2 aromatic carbocycles. The number of nitriles is 1. The summed E-state index contributed by atoms with van der Waals surface area (Å²) < 4.78 is 23.2. The summed E-state index contributed by atoms with van der Waals surface area (Å²) in [6, 6.07) is 14.4. The molecule has 1 aliphatic rings. The van der Waals surface area contributed by atoms with Crippen LogP contribution < -0.4 is 5.32 Å². The first-order valence-electron chi connectivity index (χ1n) is 8.68. The van der Waals surface area contributed by atoms with Crippen LogP contribution in [0.2, 0.25) is 0 Å². The van der Waals surface area contributed by atoms with Crippen molar-refractivity contribution in [2.75, 3.05) is 23.9 Å². The summed E-state index contributed by atoms with van der Waals surface area (Å²) >= 11 is 0. The topological polar surface area (TPSA) is 107 Å². The summed E-state index contributed by atoms with van der Waals surface area (Å²) in [6.45, 7) is 0. The summed E-state index contributed by atoms with van der Waals surface area (Å²) in [4.78, 5) is 26.4. The van der Waals surface area contributed by atoms with Gasteiger partial charge in [0.25, 0.3) is 11.8 Å². The zero-order valence-corrected chi connectivity index (χ0v) is 16.1. The standard InChI is InChI=1S/C20H19N3O4S/c1-23(18-9-10-28(26,27)13-18)20(25)16-7-5-15(6-8-16)19(24)22-17-4-2-3-14(11-17)12-21/h2-8,11,18H,9-10,13H2,1H3,(H,22,24). The number of rotatable bonds is 4. The van der Waals surface area contributed by atoms with E-state index in [9.17, 15) is 18.0 Å². The van der Waals surface area contributed by atoms with E-state index in [0.717, 1.165) is 0 Å². The molecule has 1 fully saturated rings. The predicted octanol–water partition coefficient (Wildman–Crippen LogP) is 2.07. The number of hydrogen-bond acceptors (Lipinski definition) is 5. The molecule has 1 heterocycles. The van der Waals surface area contributed by atoms with Crippen LogP contribution in [-0.2, 0) is 9.84 Å². The van der Waals surface area contributed by atoms with E-state index in [1.54, 1.807) is 43.4 Å². The van der Waals surface area contributed by atoms with Gasteiger partial charge in [-0.05, 0) is 48.9 Å². The fourth-order valence-corrected chi connectivity index (χ4v) is 4.86. The Morgan fingerprint density at radius 1 is 1.14 bits per heavy atom. The molecule has 2 aromatic rings. The number of benzene rings is 2. The molecule has 8 heteroatoms. The highest BCUT2D eigenvalue weighted by atomic mass is 32.2. The van der Waals surface area contributed by atoms with Crippen molar-refractivity contribution in [3.63, 3.8) is 0 Å². The molecule has 0 aromatic heterocycles. The van der Waals surface area contributed by atoms with Crippen molar-refractivity contribution in [3.05, 3.63) is 65.2 Å². The molecular formula is C20H19N3O4S. The maximum Gasteiger partial charge on any atom is 0.255 e. The summed E-state index contributed by atoms with van der Waals surface area (Å²) in [5.41, 5.74) is 1.70. The molecule has 0 radical (unpaired) electrons. The molecule has 7 nitrogen and oxygen atoms in total. The highest BCUT2D eigenvalue weighted by Crippen LogP contribution is 2.19. The van der Waals surface area contributed by atoms with E-state index in [2.05, 4.69) is 5.32 Å². The first-order chi connectivity index (χ1) is 13.3. The molecule has 1 unspecified atom stereocenters. The van der Waals surface area contributed by atoms with Gasteiger partial charge in [-0.2, -0.15) is 5.26 Å². The van der Waals surface area contributed by atoms with Gasteiger partial charge in [-0.1, -0.05) is 6.07 Å². The van der Waals surface area contributed by atoms with E-state index in [1.807, 2.05) is 6.07 Å². The fourth-order valence-electron chi connectivity index (χ4n) is 3.08. The Labute approximate surface area is 163 Å². The molecular weight excluding hydrogens is 378 g/mol. The second-order valence-corrected chi connectivity index (χ2v) is 8.93. The number of carbonyl (C=O) groups excluding carboxylic acids is 2. The SMILES string of the molecule is CN(C(=O)c1ccc(C(=O)Nc2cccc(C#N)c2)cc1)C1CCS(=O)(=O)C1. The van der Waals surface area contributed by atoms with Gasteiger partial charge >= 0.3 is 0 Å². The maximum absolute atomic E-state index is 12.6.